The summed E-state index contributed by atoms with van der Waals surface area (Å²) in [5.74, 6) is -0.286. The molecule has 0 spiro atoms. The number of amides is 1. The zero-order valence-corrected chi connectivity index (χ0v) is 13.2. The lowest BCUT2D eigenvalue weighted by atomic mass is 10.1. The Hall–Kier alpha value is -2.53. The van der Waals surface area contributed by atoms with Crippen LogP contribution in [0.25, 0.3) is 0 Å². The Bertz CT molecular complexity index is 776. The van der Waals surface area contributed by atoms with Gasteiger partial charge in [0, 0.05) is 10.7 Å². The highest BCUT2D eigenvalue weighted by atomic mass is 35.5. The Labute approximate surface area is 138 Å². The van der Waals surface area contributed by atoms with E-state index in [1.165, 1.54) is 0 Å². The number of carbonyl (C=O) groups is 2. The van der Waals surface area contributed by atoms with Crippen LogP contribution in [-0.2, 0) is 9.59 Å². The average molecular weight is 331 g/mol. The highest BCUT2D eigenvalue weighted by Gasteiger charge is 2.29. The van der Waals surface area contributed by atoms with Crippen molar-refractivity contribution in [3.63, 3.8) is 0 Å². The van der Waals surface area contributed by atoms with Crippen LogP contribution in [0.2, 0.25) is 5.02 Å². The van der Waals surface area contributed by atoms with Crippen molar-refractivity contribution in [3.8, 4) is 5.75 Å². The maximum atomic E-state index is 12.2. The van der Waals surface area contributed by atoms with Gasteiger partial charge < -0.3 is 15.4 Å². The molecule has 23 heavy (non-hydrogen) atoms. The van der Waals surface area contributed by atoms with Crippen molar-refractivity contribution in [2.75, 3.05) is 10.6 Å². The van der Waals surface area contributed by atoms with Gasteiger partial charge in [0.25, 0.3) is 0 Å². The van der Waals surface area contributed by atoms with E-state index in [-0.39, 0.29) is 12.3 Å². The second-order valence-electron chi connectivity index (χ2n) is 5.28. The van der Waals surface area contributed by atoms with Crippen molar-refractivity contribution < 1.29 is 14.3 Å². The Balaban J connectivity index is 1.69. The molecule has 0 aliphatic carbocycles. The van der Waals surface area contributed by atoms with Gasteiger partial charge in [-0.1, -0.05) is 29.8 Å². The topological polar surface area (TPSA) is 67.4 Å². The first-order valence-electron chi connectivity index (χ1n) is 7.17. The summed E-state index contributed by atoms with van der Waals surface area (Å²) in [4.78, 5) is 24.2. The fraction of sp³-hybridized carbons (Fsp3) is 0.176. The van der Waals surface area contributed by atoms with Crippen molar-refractivity contribution in [1.82, 2.24) is 0 Å². The standard InChI is InChI=1S/C17H15ClN2O3/c1-10-11(18)5-4-7-12(10)20-16(21)9-14-17(22)23-15-8-3-2-6-13(15)19-14/h2-8,14,19H,9H2,1H3,(H,20,21)/t14-/m1/s1. The Morgan fingerprint density at radius 1 is 1.26 bits per heavy atom. The maximum Gasteiger partial charge on any atom is 0.334 e. The van der Waals surface area contributed by atoms with Crippen molar-refractivity contribution in [2.45, 2.75) is 19.4 Å². The lowest BCUT2D eigenvalue weighted by Gasteiger charge is -2.25. The van der Waals surface area contributed by atoms with Crippen molar-refractivity contribution >= 4 is 34.9 Å². The summed E-state index contributed by atoms with van der Waals surface area (Å²) in [7, 11) is 0. The van der Waals surface area contributed by atoms with Gasteiger partial charge in [-0.25, -0.2) is 4.79 Å². The molecule has 0 unspecified atom stereocenters. The molecule has 2 aromatic rings. The molecule has 6 heteroatoms. The largest absolute Gasteiger partial charge is 0.423 e. The zero-order valence-electron chi connectivity index (χ0n) is 12.4. The fourth-order valence-electron chi connectivity index (χ4n) is 2.36. The quantitative estimate of drug-likeness (QED) is 0.669. The minimum Gasteiger partial charge on any atom is -0.423 e. The van der Waals surface area contributed by atoms with Crippen LogP contribution < -0.4 is 15.4 Å². The number of para-hydroxylation sites is 2. The molecule has 0 bridgehead atoms. The lowest BCUT2D eigenvalue weighted by molar-refractivity contribution is -0.137. The normalized spacial score (nSPS) is 16.1. The molecule has 2 N–H and O–H groups in total. The van der Waals surface area contributed by atoms with Gasteiger partial charge in [0.15, 0.2) is 5.75 Å². The summed E-state index contributed by atoms with van der Waals surface area (Å²) in [6, 6.07) is 11.7. The Kier molecular flexibility index (Phi) is 4.21. The van der Waals surface area contributed by atoms with E-state index in [4.69, 9.17) is 16.3 Å². The molecule has 1 atom stereocenters. The summed E-state index contributed by atoms with van der Waals surface area (Å²) in [5, 5.41) is 6.38. The van der Waals surface area contributed by atoms with Gasteiger partial charge in [-0.2, -0.15) is 0 Å². The third-order valence-electron chi connectivity index (χ3n) is 3.64. The monoisotopic (exact) mass is 330 g/mol. The Morgan fingerprint density at radius 2 is 2.04 bits per heavy atom. The average Bonchev–Trinajstić information content (AvgIpc) is 2.52. The summed E-state index contributed by atoms with van der Waals surface area (Å²) >= 11 is 6.03. The van der Waals surface area contributed by atoms with Gasteiger partial charge in [-0.3, -0.25) is 4.79 Å². The highest BCUT2D eigenvalue weighted by molar-refractivity contribution is 6.31. The molecule has 0 saturated carbocycles. The second kappa shape index (κ2) is 6.30. The molecule has 0 saturated heterocycles. The summed E-state index contributed by atoms with van der Waals surface area (Å²) < 4.78 is 5.24. The molecule has 5 nitrogen and oxygen atoms in total. The summed E-state index contributed by atoms with van der Waals surface area (Å²) in [5.41, 5.74) is 2.11. The molecular weight excluding hydrogens is 316 g/mol. The van der Waals surface area contributed by atoms with E-state index in [0.29, 0.717) is 22.1 Å². The summed E-state index contributed by atoms with van der Waals surface area (Å²) in [6.07, 6.45) is -0.0286. The number of nitrogens with one attached hydrogen (secondary N) is 2. The van der Waals surface area contributed by atoms with Gasteiger partial charge >= 0.3 is 5.97 Å². The maximum absolute atomic E-state index is 12.2. The number of carbonyl (C=O) groups excluding carboxylic acids is 2. The molecule has 1 amide bonds. The van der Waals surface area contributed by atoms with Gasteiger partial charge in [0.1, 0.15) is 6.04 Å². The molecule has 1 aliphatic heterocycles. The second-order valence-corrected chi connectivity index (χ2v) is 5.69. The van der Waals surface area contributed by atoms with Gasteiger partial charge in [0.05, 0.1) is 12.1 Å². The number of ether oxygens (including phenoxy) is 1. The van der Waals surface area contributed by atoms with E-state index in [1.807, 2.05) is 13.0 Å². The number of hydrogen-bond acceptors (Lipinski definition) is 4. The van der Waals surface area contributed by atoms with Crippen molar-refractivity contribution in [1.29, 1.82) is 0 Å². The molecule has 118 valence electrons. The number of hydrogen-bond donors (Lipinski definition) is 2. The van der Waals surface area contributed by atoms with Crippen LogP contribution in [0.1, 0.15) is 12.0 Å². The fourth-order valence-corrected chi connectivity index (χ4v) is 2.54. The van der Waals surface area contributed by atoms with Crippen LogP contribution in [0.15, 0.2) is 42.5 Å². The Morgan fingerprint density at radius 3 is 2.87 bits per heavy atom. The predicted molar refractivity (Wildman–Crippen MR) is 88.9 cm³/mol. The highest BCUT2D eigenvalue weighted by Crippen LogP contribution is 2.29. The lowest BCUT2D eigenvalue weighted by Crippen LogP contribution is -2.39. The van der Waals surface area contributed by atoms with Crippen LogP contribution >= 0.6 is 11.6 Å². The smallest absolute Gasteiger partial charge is 0.334 e. The third-order valence-corrected chi connectivity index (χ3v) is 4.05. The van der Waals surface area contributed by atoms with Crippen LogP contribution in [0, 0.1) is 6.92 Å². The number of benzene rings is 2. The first-order valence-corrected chi connectivity index (χ1v) is 7.54. The first kappa shape index (κ1) is 15.4. The molecular formula is C17H15ClN2O3. The number of esters is 1. The van der Waals surface area contributed by atoms with E-state index in [0.717, 1.165) is 5.56 Å². The predicted octanol–water partition coefficient (Wildman–Crippen LogP) is 3.38. The van der Waals surface area contributed by atoms with Gasteiger partial charge in [-0.15, -0.1) is 0 Å². The molecule has 3 rings (SSSR count). The van der Waals surface area contributed by atoms with Gasteiger partial charge in [0.2, 0.25) is 5.91 Å². The van der Waals surface area contributed by atoms with Crippen molar-refractivity contribution in [2.24, 2.45) is 0 Å². The van der Waals surface area contributed by atoms with E-state index in [1.54, 1.807) is 36.4 Å². The van der Waals surface area contributed by atoms with E-state index in [9.17, 15) is 9.59 Å². The van der Waals surface area contributed by atoms with Crippen LogP contribution in [-0.4, -0.2) is 17.9 Å². The van der Waals surface area contributed by atoms with Crippen molar-refractivity contribution in [3.05, 3.63) is 53.1 Å². The number of rotatable bonds is 3. The van der Waals surface area contributed by atoms with Gasteiger partial charge in [-0.05, 0) is 36.8 Å². The molecule has 1 heterocycles. The van der Waals surface area contributed by atoms with Crippen LogP contribution in [0.5, 0.6) is 5.75 Å². The molecule has 2 aromatic carbocycles. The number of halogens is 1. The SMILES string of the molecule is Cc1c(Cl)cccc1NC(=O)C[C@H]1Nc2ccccc2OC1=O. The zero-order chi connectivity index (χ0) is 16.4. The molecule has 0 aromatic heterocycles. The minimum atomic E-state index is -0.718. The third kappa shape index (κ3) is 3.29. The molecule has 1 aliphatic rings. The molecule has 0 fully saturated rings. The van der Waals surface area contributed by atoms with E-state index < -0.39 is 12.0 Å². The molecule has 0 radical (unpaired) electrons. The number of fused-ring (bicyclic) bond motifs is 1. The minimum absolute atomic E-state index is 0.0286. The summed E-state index contributed by atoms with van der Waals surface area (Å²) in [6.45, 7) is 1.82. The van der Waals surface area contributed by atoms with Crippen LogP contribution in [0.3, 0.4) is 0 Å². The van der Waals surface area contributed by atoms with E-state index in [2.05, 4.69) is 10.6 Å². The van der Waals surface area contributed by atoms with Crippen LogP contribution in [0.4, 0.5) is 11.4 Å². The van der Waals surface area contributed by atoms with E-state index >= 15 is 0 Å². The first-order chi connectivity index (χ1) is 11.0. The number of anilines is 2.